The molecular weight excluding hydrogens is 306 g/mol. The van der Waals surface area contributed by atoms with Gasteiger partial charge >= 0.3 is 6.09 Å². The quantitative estimate of drug-likeness (QED) is 0.889. The minimum atomic E-state index is -2.88. The number of alkyl halides is 2. The zero-order chi connectivity index (χ0) is 17.5. The summed E-state index contributed by atoms with van der Waals surface area (Å²) in [5.74, 6) is -2.55. The highest BCUT2D eigenvalue weighted by molar-refractivity contribution is 5.85. The van der Waals surface area contributed by atoms with Crippen molar-refractivity contribution in [2.45, 2.75) is 44.1 Å². The van der Waals surface area contributed by atoms with Gasteiger partial charge in [-0.25, -0.2) is 13.6 Å². The van der Waals surface area contributed by atoms with Crippen molar-refractivity contribution in [1.82, 2.24) is 0 Å². The number of rotatable bonds is 4. The van der Waals surface area contributed by atoms with Crippen molar-refractivity contribution in [1.29, 1.82) is 0 Å². The van der Waals surface area contributed by atoms with E-state index in [0.717, 1.165) is 0 Å². The van der Waals surface area contributed by atoms with E-state index in [4.69, 9.17) is 15.2 Å². The Balaban J connectivity index is 2.29. The number of methoxy groups -OCH3 is 1. The van der Waals surface area contributed by atoms with E-state index in [2.05, 4.69) is 5.32 Å². The Morgan fingerprint density at radius 1 is 1.39 bits per heavy atom. The van der Waals surface area contributed by atoms with Gasteiger partial charge in [0.2, 0.25) is 0 Å². The molecule has 2 rings (SSSR count). The molecule has 1 fully saturated rings. The standard InChI is InChI=1S/C16H22F2N2O3/c1-14(2,3)23-13(21)20-10-5-6-12(22-4)11(7-10)15(9-19)8-16(15,17)18/h5-7H,8-9,19H2,1-4H3,(H,20,21). The van der Waals surface area contributed by atoms with Crippen LogP contribution in [0.4, 0.5) is 19.3 Å². The lowest BCUT2D eigenvalue weighted by Gasteiger charge is -2.21. The molecule has 23 heavy (non-hydrogen) atoms. The topological polar surface area (TPSA) is 73.6 Å². The third-order valence-electron chi connectivity index (χ3n) is 3.81. The zero-order valence-electron chi connectivity index (χ0n) is 13.7. The van der Waals surface area contributed by atoms with Crippen LogP contribution in [-0.4, -0.2) is 31.3 Å². The SMILES string of the molecule is COc1ccc(NC(=O)OC(C)(C)C)cc1C1(CN)CC1(F)F. The van der Waals surface area contributed by atoms with E-state index in [-0.39, 0.29) is 13.0 Å². The lowest BCUT2D eigenvalue weighted by molar-refractivity contribution is 0.0636. The third-order valence-corrected chi connectivity index (χ3v) is 3.81. The number of carbonyl (C=O) groups excluding carboxylic acids is 1. The predicted octanol–water partition coefficient (Wildman–Crippen LogP) is 3.28. The normalized spacial score (nSPS) is 22.4. The van der Waals surface area contributed by atoms with Crippen LogP contribution in [0.3, 0.4) is 0 Å². The van der Waals surface area contributed by atoms with Crippen molar-refractivity contribution in [3.63, 3.8) is 0 Å². The molecule has 128 valence electrons. The Morgan fingerprint density at radius 3 is 2.43 bits per heavy atom. The maximum Gasteiger partial charge on any atom is 0.412 e. The van der Waals surface area contributed by atoms with Crippen LogP contribution >= 0.6 is 0 Å². The lowest BCUT2D eigenvalue weighted by atomic mass is 9.93. The number of anilines is 1. The average Bonchev–Trinajstić information content (AvgIpc) is 2.99. The summed E-state index contributed by atoms with van der Waals surface area (Å²) in [4.78, 5) is 11.8. The first-order valence-corrected chi connectivity index (χ1v) is 7.31. The molecule has 1 aliphatic rings. The molecule has 0 radical (unpaired) electrons. The van der Waals surface area contributed by atoms with E-state index in [1.54, 1.807) is 26.8 Å². The van der Waals surface area contributed by atoms with Crippen LogP contribution in [0.15, 0.2) is 18.2 Å². The summed E-state index contributed by atoms with van der Waals surface area (Å²) >= 11 is 0. The van der Waals surface area contributed by atoms with E-state index in [1.807, 2.05) is 0 Å². The highest BCUT2D eigenvalue weighted by atomic mass is 19.3. The van der Waals surface area contributed by atoms with E-state index in [9.17, 15) is 13.6 Å². The van der Waals surface area contributed by atoms with Gasteiger partial charge in [-0.3, -0.25) is 5.32 Å². The van der Waals surface area contributed by atoms with Gasteiger partial charge in [-0.2, -0.15) is 0 Å². The fourth-order valence-electron chi connectivity index (χ4n) is 2.54. The van der Waals surface area contributed by atoms with Gasteiger partial charge in [-0.05, 0) is 39.0 Å². The molecule has 1 amide bonds. The molecule has 5 nitrogen and oxygen atoms in total. The van der Waals surface area contributed by atoms with Crippen molar-refractivity contribution >= 4 is 11.8 Å². The van der Waals surface area contributed by atoms with Crippen LogP contribution in [0.25, 0.3) is 0 Å². The molecule has 0 bridgehead atoms. The van der Waals surface area contributed by atoms with Crippen LogP contribution in [0.5, 0.6) is 5.75 Å². The zero-order valence-corrected chi connectivity index (χ0v) is 13.7. The van der Waals surface area contributed by atoms with Crippen LogP contribution in [0, 0.1) is 0 Å². The molecule has 1 saturated carbocycles. The molecule has 1 aromatic carbocycles. The molecule has 0 aromatic heterocycles. The second-order valence-electron chi connectivity index (χ2n) is 6.71. The Hall–Kier alpha value is -1.89. The van der Waals surface area contributed by atoms with Gasteiger partial charge in [0, 0.05) is 24.2 Å². The molecule has 7 heteroatoms. The van der Waals surface area contributed by atoms with E-state index in [1.165, 1.54) is 19.2 Å². The van der Waals surface area contributed by atoms with Crippen LogP contribution in [-0.2, 0) is 10.2 Å². The minimum Gasteiger partial charge on any atom is -0.496 e. The van der Waals surface area contributed by atoms with Crippen LogP contribution in [0.2, 0.25) is 0 Å². The maximum atomic E-state index is 13.8. The minimum absolute atomic E-state index is 0.202. The molecule has 1 unspecified atom stereocenters. The summed E-state index contributed by atoms with van der Waals surface area (Å²) in [7, 11) is 1.41. The van der Waals surface area contributed by atoms with E-state index < -0.39 is 23.0 Å². The first-order valence-electron chi connectivity index (χ1n) is 7.31. The van der Waals surface area contributed by atoms with Crippen molar-refractivity contribution in [2.24, 2.45) is 5.73 Å². The second kappa shape index (κ2) is 5.63. The molecule has 0 aliphatic heterocycles. The number of benzene rings is 1. The largest absolute Gasteiger partial charge is 0.496 e. The third kappa shape index (κ3) is 3.39. The van der Waals surface area contributed by atoms with Crippen molar-refractivity contribution in [3.8, 4) is 5.75 Å². The molecule has 1 atom stereocenters. The van der Waals surface area contributed by atoms with Gasteiger partial charge in [-0.1, -0.05) is 0 Å². The van der Waals surface area contributed by atoms with E-state index >= 15 is 0 Å². The van der Waals surface area contributed by atoms with Gasteiger partial charge in [0.1, 0.15) is 11.4 Å². The van der Waals surface area contributed by atoms with Crippen molar-refractivity contribution in [3.05, 3.63) is 23.8 Å². The summed E-state index contributed by atoms with van der Waals surface area (Å²) in [5, 5.41) is 2.54. The summed E-state index contributed by atoms with van der Waals surface area (Å²) in [6, 6.07) is 4.57. The number of hydrogen-bond donors (Lipinski definition) is 2. The Bertz CT molecular complexity index is 614. The first-order chi connectivity index (χ1) is 10.5. The highest BCUT2D eigenvalue weighted by Gasteiger charge is 2.72. The Morgan fingerprint density at radius 2 is 2.00 bits per heavy atom. The summed E-state index contributed by atoms with van der Waals surface area (Å²) in [5.41, 5.74) is 4.14. The summed E-state index contributed by atoms with van der Waals surface area (Å²) < 4.78 is 38.0. The van der Waals surface area contributed by atoms with Gasteiger partial charge in [-0.15, -0.1) is 0 Å². The number of amides is 1. The fourth-order valence-corrected chi connectivity index (χ4v) is 2.54. The van der Waals surface area contributed by atoms with Gasteiger partial charge in [0.25, 0.3) is 5.92 Å². The first kappa shape index (κ1) is 17.5. The molecule has 1 aromatic rings. The molecule has 0 spiro atoms. The molecule has 0 saturated heterocycles. The molecular formula is C16H22F2N2O3. The smallest absolute Gasteiger partial charge is 0.412 e. The number of halogens is 2. The highest BCUT2D eigenvalue weighted by Crippen LogP contribution is 2.62. The summed E-state index contributed by atoms with van der Waals surface area (Å²) in [6.07, 6.45) is -0.985. The van der Waals surface area contributed by atoms with Gasteiger partial charge < -0.3 is 15.2 Å². The van der Waals surface area contributed by atoms with Crippen LogP contribution in [0.1, 0.15) is 32.8 Å². The van der Waals surface area contributed by atoms with E-state index in [0.29, 0.717) is 17.0 Å². The van der Waals surface area contributed by atoms with Crippen molar-refractivity contribution < 1.29 is 23.0 Å². The van der Waals surface area contributed by atoms with Gasteiger partial charge in [0.15, 0.2) is 0 Å². The Labute approximate surface area is 134 Å². The maximum absolute atomic E-state index is 13.8. The molecule has 1 aliphatic carbocycles. The number of carbonyl (C=O) groups is 1. The predicted molar refractivity (Wildman–Crippen MR) is 83.1 cm³/mol. The summed E-state index contributed by atoms with van der Waals surface area (Å²) in [6.45, 7) is 5.01. The van der Waals surface area contributed by atoms with Gasteiger partial charge in [0.05, 0.1) is 12.5 Å². The fraction of sp³-hybridized carbons (Fsp3) is 0.562. The second-order valence-corrected chi connectivity index (χ2v) is 6.71. The number of ether oxygens (including phenoxy) is 2. The molecule has 3 N–H and O–H groups in total. The lowest BCUT2D eigenvalue weighted by Crippen LogP contribution is -2.28. The Kier molecular flexibility index (Phi) is 4.28. The van der Waals surface area contributed by atoms with Crippen molar-refractivity contribution in [2.75, 3.05) is 19.0 Å². The van der Waals surface area contributed by atoms with Crippen LogP contribution < -0.4 is 15.8 Å². The molecule has 0 heterocycles. The average molecular weight is 328 g/mol. The number of nitrogens with one attached hydrogen (secondary N) is 1. The number of hydrogen-bond acceptors (Lipinski definition) is 4. The monoisotopic (exact) mass is 328 g/mol. The number of nitrogens with two attached hydrogens (primary N) is 1.